The third kappa shape index (κ3) is 7.64. The van der Waals surface area contributed by atoms with Gasteiger partial charge < -0.3 is 10.4 Å². The fraction of sp³-hybridized carbons (Fsp3) is 0.111. The summed E-state index contributed by atoms with van der Waals surface area (Å²) in [6, 6.07) is 26.9. The van der Waals surface area contributed by atoms with E-state index in [0.717, 1.165) is 12.1 Å². The highest BCUT2D eigenvalue weighted by Crippen LogP contribution is 2.38. The van der Waals surface area contributed by atoms with Gasteiger partial charge in [0, 0.05) is 12.0 Å². The maximum atomic E-state index is 13.8. The van der Waals surface area contributed by atoms with Gasteiger partial charge in [0.15, 0.2) is 0 Å². The highest BCUT2D eigenvalue weighted by Gasteiger charge is 2.30. The van der Waals surface area contributed by atoms with Crippen LogP contribution in [-0.4, -0.2) is 28.1 Å². The van der Waals surface area contributed by atoms with Crippen molar-refractivity contribution in [3.63, 3.8) is 0 Å². The fourth-order valence-corrected chi connectivity index (χ4v) is 5.33. The van der Waals surface area contributed by atoms with Crippen LogP contribution in [0.5, 0.6) is 5.75 Å². The highest BCUT2D eigenvalue weighted by molar-refractivity contribution is 6.31. The van der Waals surface area contributed by atoms with E-state index in [0.29, 0.717) is 38.4 Å². The average Bonchev–Trinajstić information content (AvgIpc) is 3.06. The molecule has 0 aromatic heterocycles. The van der Waals surface area contributed by atoms with Gasteiger partial charge in [0.1, 0.15) is 23.6 Å². The molecule has 48 heavy (non-hydrogen) atoms. The molecule has 1 amide bonds. The summed E-state index contributed by atoms with van der Waals surface area (Å²) in [6.07, 6.45) is -5.91. The highest BCUT2D eigenvalue weighted by atomic mass is 35.5. The Morgan fingerprint density at radius 2 is 1.48 bits per heavy atom. The molecule has 3 N–H and O–H groups in total. The summed E-state index contributed by atoms with van der Waals surface area (Å²) in [5, 5.41) is 26.4. The van der Waals surface area contributed by atoms with Crippen LogP contribution in [0.25, 0.3) is 33.4 Å². The Bertz CT molecular complexity index is 1940. The maximum absolute atomic E-state index is 13.8. The van der Waals surface area contributed by atoms with Gasteiger partial charge in [-0.1, -0.05) is 89.4 Å². The molecule has 5 aromatic carbocycles. The zero-order valence-corrected chi connectivity index (χ0v) is 25.9. The number of amides is 1. The number of benzene rings is 5. The number of hydroxylamine groups is 2. The second-order valence-electron chi connectivity index (χ2n) is 10.9. The number of phenols is 1. The van der Waals surface area contributed by atoms with E-state index in [1.54, 1.807) is 66.7 Å². The van der Waals surface area contributed by atoms with Gasteiger partial charge >= 0.3 is 6.18 Å². The van der Waals surface area contributed by atoms with E-state index in [-0.39, 0.29) is 28.4 Å². The van der Waals surface area contributed by atoms with Crippen molar-refractivity contribution < 1.29 is 37.0 Å². The monoisotopic (exact) mass is 679 g/mol. The predicted octanol–water partition coefficient (Wildman–Crippen LogP) is 9.62. The average molecular weight is 680 g/mol. The number of carbonyl (C=O) groups is 1. The van der Waals surface area contributed by atoms with Crippen LogP contribution in [0.2, 0.25) is 5.02 Å². The van der Waals surface area contributed by atoms with Crippen LogP contribution in [0.3, 0.4) is 0 Å². The van der Waals surface area contributed by atoms with E-state index in [9.17, 15) is 32.0 Å². The number of carbonyl (C=O) groups excluding carboxylic acids is 1. The fourth-order valence-electron chi connectivity index (χ4n) is 5.15. The van der Waals surface area contributed by atoms with E-state index < -0.39 is 35.4 Å². The van der Waals surface area contributed by atoms with Gasteiger partial charge in [0.25, 0.3) is 5.91 Å². The molecular weight excluding hydrogens is 653 g/mol. The molecule has 0 heterocycles. The Hall–Kier alpha value is -5.26. The summed E-state index contributed by atoms with van der Waals surface area (Å²) < 4.78 is 67.1. The molecule has 246 valence electrons. The minimum Gasteiger partial charge on any atom is -0.506 e. The van der Waals surface area contributed by atoms with Gasteiger partial charge in [0.05, 0.1) is 16.1 Å². The summed E-state index contributed by atoms with van der Waals surface area (Å²) >= 11 is 5.92. The van der Waals surface area contributed by atoms with Crippen molar-refractivity contribution in [3.05, 3.63) is 137 Å². The van der Waals surface area contributed by atoms with Crippen molar-refractivity contribution in [3.8, 4) is 39.1 Å². The standard InChI is InChI=1S/C36H27ClF5N3O3/c1-21(43)45(48-42)33(17-22-7-9-23(10-8-22)26-13-16-32(38)31(37)20-26)44-35(47)30-19-27(24-11-14-28(15-12-24)36(39,40)41)18-29(34(30)46)25-5-3-2-4-6-25/h2-16,18-20,33,43,46H,17H2,1H3,(H,44,47). The van der Waals surface area contributed by atoms with Crippen LogP contribution in [0.1, 0.15) is 28.4 Å². The molecule has 6 nitrogen and oxygen atoms in total. The number of hydrogen-bond acceptors (Lipinski definition) is 4. The minimum atomic E-state index is -4.55. The van der Waals surface area contributed by atoms with E-state index >= 15 is 0 Å². The van der Waals surface area contributed by atoms with Crippen molar-refractivity contribution in [2.75, 3.05) is 0 Å². The predicted molar refractivity (Wildman–Crippen MR) is 173 cm³/mol. The molecule has 0 aliphatic carbocycles. The summed E-state index contributed by atoms with van der Waals surface area (Å²) in [7, 11) is 0. The zero-order valence-electron chi connectivity index (χ0n) is 25.2. The molecule has 0 fully saturated rings. The normalized spacial score (nSPS) is 12.0. The number of rotatable bonds is 9. The lowest BCUT2D eigenvalue weighted by Gasteiger charge is -2.28. The lowest BCUT2D eigenvalue weighted by molar-refractivity contribution is -0.302. The molecule has 0 aliphatic rings. The van der Waals surface area contributed by atoms with Gasteiger partial charge in [0.2, 0.25) is 0 Å². The summed E-state index contributed by atoms with van der Waals surface area (Å²) in [5.74, 6) is -2.23. The Morgan fingerprint density at radius 1 is 0.875 bits per heavy atom. The number of amidine groups is 1. The topological polar surface area (TPSA) is 85.7 Å². The number of phenolic OH excluding ortho intramolecular Hbond substituents is 1. The second kappa shape index (κ2) is 14.2. The van der Waals surface area contributed by atoms with Crippen LogP contribution in [0, 0.1) is 11.2 Å². The molecule has 1 unspecified atom stereocenters. The van der Waals surface area contributed by atoms with Crippen molar-refractivity contribution >= 4 is 23.3 Å². The van der Waals surface area contributed by atoms with Gasteiger partial charge in [-0.15, -0.1) is 0 Å². The Labute approximate surface area is 277 Å². The minimum absolute atomic E-state index is 0.0439. The smallest absolute Gasteiger partial charge is 0.416 e. The quantitative estimate of drug-likeness (QED) is 0.0476. The van der Waals surface area contributed by atoms with E-state index in [1.165, 1.54) is 37.3 Å². The van der Waals surface area contributed by atoms with E-state index in [4.69, 9.17) is 17.0 Å². The molecule has 0 saturated heterocycles. The third-order valence-corrected chi connectivity index (χ3v) is 7.90. The number of hydrogen-bond donors (Lipinski definition) is 3. The molecule has 0 aliphatic heterocycles. The number of alkyl halides is 3. The Balaban J connectivity index is 1.50. The van der Waals surface area contributed by atoms with Crippen LogP contribution in [0.4, 0.5) is 22.1 Å². The molecule has 0 spiro atoms. The zero-order chi connectivity index (χ0) is 34.6. The van der Waals surface area contributed by atoms with Crippen LogP contribution in [0.15, 0.2) is 109 Å². The number of nitrogens with zero attached hydrogens (tertiary/aromatic N) is 1. The molecule has 12 heteroatoms. The van der Waals surface area contributed by atoms with Crippen molar-refractivity contribution in [2.45, 2.75) is 25.7 Å². The Kier molecular flexibility index (Phi) is 10.1. The van der Waals surface area contributed by atoms with Gasteiger partial charge in [-0.25, -0.2) is 4.39 Å². The second-order valence-corrected chi connectivity index (χ2v) is 11.3. The molecule has 0 saturated carbocycles. The van der Waals surface area contributed by atoms with Gasteiger partial charge in [-0.3, -0.25) is 10.2 Å². The van der Waals surface area contributed by atoms with Crippen molar-refractivity contribution in [2.24, 2.45) is 0 Å². The van der Waals surface area contributed by atoms with E-state index in [2.05, 4.69) is 10.4 Å². The number of aromatic hydroxyl groups is 1. The first kappa shape index (κ1) is 34.1. The molecular formula is C36H27ClF5N3O3. The van der Waals surface area contributed by atoms with E-state index in [1.807, 2.05) is 0 Å². The number of nitrogens with one attached hydrogen (secondary N) is 2. The number of halogens is 6. The first-order valence-electron chi connectivity index (χ1n) is 14.4. The van der Waals surface area contributed by atoms with Crippen LogP contribution in [-0.2, 0) is 17.6 Å². The van der Waals surface area contributed by atoms with Crippen LogP contribution >= 0.6 is 11.6 Å². The lowest BCUT2D eigenvalue weighted by atomic mass is 9.94. The lowest BCUT2D eigenvalue weighted by Crippen LogP contribution is -2.50. The molecule has 0 radical (unpaired) electrons. The third-order valence-electron chi connectivity index (χ3n) is 7.61. The summed E-state index contributed by atoms with van der Waals surface area (Å²) in [6.45, 7) is 1.25. The van der Waals surface area contributed by atoms with Gasteiger partial charge in [-0.2, -0.15) is 18.2 Å². The van der Waals surface area contributed by atoms with Gasteiger partial charge in [-0.05, 0) is 81.2 Å². The molecule has 1 atom stereocenters. The molecule has 5 rings (SSSR count). The SMILES string of the molecule is CC(=N)N(OF)C(Cc1ccc(-c2ccc(F)c(Cl)c2)cc1)NC(=O)c1cc(-c2ccc(C(F)(F)F)cc2)cc(-c2ccccc2)c1O. The maximum Gasteiger partial charge on any atom is 0.416 e. The van der Waals surface area contributed by atoms with Crippen molar-refractivity contribution in [1.82, 2.24) is 10.4 Å². The molecule has 5 aromatic rings. The first-order valence-corrected chi connectivity index (χ1v) is 14.8. The first-order chi connectivity index (χ1) is 22.8. The summed E-state index contributed by atoms with van der Waals surface area (Å²) in [5.41, 5.74) is 2.29. The molecule has 0 bridgehead atoms. The summed E-state index contributed by atoms with van der Waals surface area (Å²) in [4.78, 5) is 13.8. The Morgan fingerprint density at radius 3 is 2.06 bits per heavy atom. The van der Waals surface area contributed by atoms with Crippen molar-refractivity contribution in [1.29, 1.82) is 5.41 Å². The largest absolute Gasteiger partial charge is 0.506 e. The van der Waals surface area contributed by atoms with Crippen LogP contribution < -0.4 is 5.32 Å².